The van der Waals surface area contributed by atoms with Crippen LogP contribution in [-0.4, -0.2) is 30.4 Å². The van der Waals surface area contributed by atoms with Gasteiger partial charge in [0, 0.05) is 19.2 Å². The van der Waals surface area contributed by atoms with Gasteiger partial charge in [-0.3, -0.25) is 9.78 Å². The van der Waals surface area contributed by atoms with Crippen LogP contribution in [0.2, 0.25) is 0 Å². The van der Waals surface area contributed by atoms with Crippen molar-refractivity contribution in [2.24, 2.45) is 5.92 Å². The lowest BCUT2D eigenvalue weighted by Gasteiger charge is -2.32. The number of hydrogen-bond acceptors (Lipinski definition) is 4. The number of aromatic nitrogens is 1. The van der Waals surface area contributed by atoms with E-state index in [1.54, 1.807) is 19.5 Å². The molecule has 1 aromatic rings. The van der Waals surface area contributed by atoms with Gasteiger partial charge in [0.15, 0.2) is 0 Å². The molecule has 0 saturated carbocycles. The quantitative estimate of drug-likeness (QED) is 0.775. The van der Waals surface area contributed by atoms with Crippen molar-refractivity contribution in [1.29, 1.82) is 0 Å². The standard InChI is InChI=1S/C12H15ClN2O2/c1-17-11-5-10(6-14-7-11)15-4-2-3-9(8-15)12(13)16/h5-7,9H,2-4,8H2,1H3/t9-/m0/s1. The molecule has 4 nitrogen and oxygen atoms in total. The van der Waals surface area contributed by atoms with Crippen LogP contribution in [0.5, 0.6) is 5.75 Å². The Morgan fingerprint density at radius 1 is 1.59 bits per heavy atom. The number of pyridine rings is 1. The molecule has 1 aliphatic heterocycles. The molecule has 0 spiro atoms. The molecular formula is C12H15ClN2O2. The highest BCUT2D eigenvalue weighted by atomic mass is 35.5. The van der Waals surface area contributed by atoms with Crippen LogP contribution < -0.4 is 9.64 Å². The Hall–Kier alpha value is -1.29. The Bertz CT molecular complexity index is 411. The first-order chi connectivity index (χ1) is 8.20. The van der Waals surface area contributed by atoms with E-state index in [1.165, 1.54) is 0 Å². The van der Waals surface area contributed by atoms with Crippen molar-refractivity contribution in [1.82, 2.24) is 4.98 Å². The molecule has 1 fully saturated rings. The van der Waals surface area contributed by atoms with E-state index in [0.29, 0.717) is 6.54 Å². The van der Waals surface area contributed by atoms with Gasteiger partial charge in [-0.1, -0.05) is 0 Å². The van der Waals surface area contributed by atoms with Gasteiger partial charge in [0.25, 0.3) is 0 Å². The lowest BCUT2D eigenvalue weighted by Crippen LogP contribution is -2.37. The van der Waals surface area contributed by atoms with Gasteiger partial charge in [-0.05, 0) is 24.4 Å². The summed E-state index contributed by atoms with van der Waals surface area (Å²) in [5.74, 6) is 0.651. The second-order valence-corrected chi connectivity index (χ2v) is 4.54. The summed E-state index contributed by atoms with van der Waals surface area (Å²) in [6, 6.07) is 1.92. The number of methoxy groups -OCH3 is 1. The van der Waals surface area contributed by atoms with Crippen LogP contribution in [0.15, 0.2) is 18.5 Å². The number of piperidine rings is 1. The first-order valence-corrected chi connectivity index (χ1v) is 6.02. The second kappa shape index (κ2) is 5.36. The van der Waals surface area contributed by atoms with Crippen LogP contribution in [0.4, 0.5) is 5.69 Å². The van der Waals surface area contributed by atoms with Crippen LogP contribution in [0.1, 0.15) is 12.8 Å². The third-order valence-corrected chi connectivity index (χ3v) is 3.35. The molecule has 1 saturated heterocycles. The predicted octanol–water partition coefficient (Wildman–Crippen LogP) is 2.07. The summed E-state index contributed by atoms with van der Waals surface area (Å²) in [4.78, 5) is 17.4. The van der Waals surface area contributed by atoms with E-state index in [4.69, 9.17) is 16.3 Å². The summed E-state index contributed by atoms with van der Waals surface area (Å²) in [6.45, 7) is 1.59. The lowest BCUT2D eigenvalue weighted by molar-refractivity contribution is -0.115. The van der Waals surface area contributed by atoms with Gasteiger partial charge in [-0.25, -0.2) is 0 Å². The van der Waals surface area contributed by atoms with Gasteiger partial charge in [-0.15, -0.1) is 0 Å². The van der Waals surface area contributed by atoms with Crippen molar-refractivity contribution in [3.63, 3.8) is 0 Å². The van der Waals surface area contributed by atoms with Crippen LogP contribution in [0, 0.1) is 5.92 Å². The molecule has 0 aliphatic carbocycles. The molecule has 1 aliphatic rings. The summed E-state index contributed by atoms with van der Waals surface area (Å²) >= 11 is 5.56. The highest BCUT2D eigenvalue weighted by molar-refractivity contribution is 6.64. The van der Waals surface area contributed by atoms with Crippen LogP contribution >= 0.6 is 11.6 Å². The molecule has 0 aromatic carbocycles. The minimum Gasteiger partial charge on any atom is -0.495 e. The van der Waals surface area contributed by atoms with Crippen molar-refractivity contribution >= 4 is 22.5 Å². The fraction of sp³-hybridized carbons (Fsp3) is 0.500. The van der Waals surface area contributed by atoms with Gasteiger partial charge >= 0.3 is 0 Å². The van der Waals surface area contributed by atoms with Gasteiger partial charge in [0.2, 0.25) is 5.24 Å². The molecule has 17 heavy (non-hydrogen) atoms. The first kappa shape index (κ1) is 12.2. The highest BCUT2D eigenvalue weighted by Crippen LogP contribution is 2.26. The maximum atomic E-state index is 11.2. The number of anilines is 1. The molecule has 1 aromatic heterocycles. The monoisotopic (exact) mass is 254 g/mol. The summed E-state index contributed by atoms with van der Waals surface area (Å²) in [5, 5.41) is -0.245. The molecule has 5 heteroatoms. The van der Waals surface area contributed by atoms with Gasteiger partial charge in [-0.2, -0.15) is 0 Å². The molecule has 2 rings (SSSR count). The topological polar surface area (TPSA) is 42.4 Å². The SMILES string of the molecule is COc1cncc(N2CCC[C@H](C(=O)Cl)C2)c1. The number of carbonyl (C=O) groups excluding carboxylic acids is 1. The number of ether oxygens (including phenoxy) is 1. The number of nitrogens with zero attached hydrogens (tertiary/aromatic N) is 2. The molecule has 0 radical (unpaired) electrons. The summed E-state index contributed by atoms with van der Waals surface area (Å²) in [6.07, 6.45) is 5.29. The molecule has 0 amide bonds. The zero-order valence-corrected chi connectivity index (χ0v) is 10.5. The van der Waals surface area contributed by atoms with E-state index in [-0.39, 0.29) is 11.2 Å². The smallest absolute Gasteiger partial charge is 0.226 e. The zero-order valence-electron chi connectivity index (χ0n) is 9.73. The third-order valence-electron chi connectivity index (χ3n) is 3.04. The van der Waals surface area contributed by atoms with Crippen molar-refractivity contribution in [3.05, 3.63) is 18.5 Å². The zero-order chi connectivity index (χ0) is 12.3. The number of halogens is 1. The minimum absolute atomic E-state index is 0.0726. The van der Waals surface area contributed by atoms with Gasteiger partial charge < -0.3 is 9.64 Å². The molecule has 0 N–H and O–H groups in total. The number of rotatable bonds is 3. The number of hydrogen-bond donors (Lipinski definition) is 0. The van der Waals surface area contributed by atoms with E-state index < -0.39 is 0 Å². The van der Waals surface area contributed by atoms with E-state index in [9.17, 15) is 4.79 Å². The maximum absolute atomic E-state index is 11.2. The Morgan fingerprint density at radius 3 is 3.12 bits per heavy atom. The van der Waals surface area contributed by atoms with Gasteiger partial charge in [0.1, 0.15) is 5.75 Å². The van der Waals surface area contributed by atoms with Crippen molar-refractivity contribution in [2.75, 3.05) is 25.1 Å². The summed E-state index contributed by atoms with van der Waals surface area (Å²) < 4.78 is 5.14. The largest absolute Gasteiger partial charge is 0.495 e. The maximum Gasteiger partial charge on any atom is 0.226 e. The Balaban J connectivity index is 2.13. The van der Waals surface area contributed by atoms with Crippen LogP contribution in [-0.2, 0) is 4.79 Å². The predicted molar refractivity (Wildman–Crippen MR) is 66.6 cm³/mol. The summed E-state index contributed by atoms with van der Waals surface area (Å²) in [5.41, 5.74) is 0.979. The fourth-order valence-electron chi connectivity index (χ4n) is 2.09. The molecule has 0 bridgehead atoms. The van der Waals surface area contributed by atoms with E-state index in [1.807, 2.05) is 6.07 Å². The highest BCUT2D eigenvalue weighted by Gasteiger charge is 2.24. The van der Waals surface area contributed by atoms with E-state index >= 15 is 0 Å². The number of carbonyl (C=O) groups is 1. The van der Waals surface area contributed by atoms with E-state index in [0.717, 1.165) is 30.8 Å². The summed E-state index contributed by atoms with van der Waals surface area (Å²) in [7, 11) is 1.61. The van der Waals surface area contributed by atoms with Gasteiger partial charge in [0.05, 0.1) is 31.1 Å². The molecular weight excluding hydrogens is 240 g/mol. The van der Waals surface area contributed by atoms with Crippen LogP contribution in [0.25, 0.3) is 0 Å². The van der Waals surface area contributed by atoms with Crippen molar-refractivity contribution in [2.45, 2.75) is 12.8 Å². The normalized spacial score (nSPS) is 20.1. The minimum atomic E-state index is -0.245. The molecule has 0 unspecified atom stereocenters. The Labute approximate surface area is 106 Å². The Morgan fingerprint density at radius 2 is 2.41 bits per heavy atom. The molecule has 1 atom stereocenters. The average molecular weight is 255 g/mol. The fourth-order valence-corrected chi connectivity index (χ4v) is 2.27. The average Bonchev–Trinajstić information content (AvgIpc) is 2.39. The second-order valence-electron chi connectivity index (χ2n) is 4.17. The first-order valence-electron chi connectivity index (χ1n) is 5.64. The lowest BCUT2D eigenvalue weighted by atomic mass is 9.99. The van der Waals surface area contributed by atoms with Crippen molar-refractivity contribution in [3.8, 4) is 5.75 Å². The molecule has 92 valence electrons. The third kappa shape index (κ3) is 2.88. The molecule has 2 heterocycles. The van der Waals surface area contributed by atoms with Crippen molar-refractivity contribution < 1.29 is 9.53 Å². The Kier molecular flexibility index (Phi) is 3.84. The van der Waals surface area contributed by atoms with Crippen LogP contribution in [0.3, 0.4) is 0 Å². The van der Waals surface area contributed by atoms with E-state index in [2.05, 4.69) is 9.88 Å².